The number of hydrogen-bond acceptors (Lipinski definition) is 1. The number of benzene rings is 2. The summed E-state index contributed by atoms with van der Waals surface area (Å²) in [7, 11) is 0. The fraction of sp³-hybridized carbons (Fsp3) is 0. The highest BCUT2D eigenvalue weighted by atomic mass is 15.0. The zero-order valence-corrected chi connectivity index (χ0v) is 10.9. The van der Waals surface area contributed by atoms with Crippen LogP contribution in [0.25, 0.3) is 27.7 Å². The largest absolute Gasteiger partial charge is 0.335 e. The Hall–Kier alpha value is -2.74. The molecule has 2 heteroatoms. The molecule has 0 radical (unpaired) electrons. The number of pyridine rings is 1. The predicted molar refractivity (Wildman–Crippen MR) is 80.3 cm³/mol. The van der Waals surface area contributed by atoms with E-state index in [0.717, 1.165) is 11.3 Å². The summed E-state index contributed by atoms with van der Waals surface area (Å²) in [5, 5.41) is 2.39. The third-order valence-corrected chi connectivity index (χ3v) is 3.59. The van der Waals surface area contributed by atoms with Crippen molar-refractivity contribution >= 4 is 16.4 Å². The second-order valence-corrected chi connectivity index (χ2v) is 4.79. The van der Waals surface area contributed by atoms with Crippen LogP contribution in [-0.4, -0.2) is 4.98 Å². The summed E-state index contributed by atoms with van der Waals surface area (Å²) in [5.74, 6) is 0. The summed E-state index contributed by atoms with van der Waals surface area (Å²) < 4.78 is 2.15. The molecular formula is C18H13N2+. The molecule has 2 aromatic carbocycles. The molecule has 20 heavy (non-hydrogen) atoms. The molecule has 0 aliphatic heterocycles. The lowest BCUT2D eigenvalue weighted by Crippen LogP contribution is -2.25. The van der Waals surface area contributed by atoms with Gasteiger partial charge in [-0.25, -0.2) is 0 Å². The summed E-state index contributed by atoms with van der Waals surface area (Å²) in [6, 6.07) is 22.9. The van der Waals surface area contributed by atoms with Crippen LogP contribution in [0.2, 0.25) is 0 Å². The molecule has 0 fully saturated rings. The molecule has 0 saturated carbocycles. The van der Waals surface area contributed by atoms with Crippen LogP contribution in [0.5, 0.6) is 0 Å². The zero-order valence-electron chi connectivity index (χ0n) is 10.9. The molecule has 2 nitrogen and oxygen atoms in total. The lowest BCUT2D eigenvalue weighted by Gasteiger charge is -2.03. The molecule has 0 unspecified atom stereocenters. The van der Waals surface area contributed by atoms with E-state index in [2.05, 4.69) is 76.2 Å². The van der Waals surface area contributed by atoms with Crippen molar-refractivity contribution in [2.24, 2.45) is 0 Å². The molecule has 0 saturated heterocycles. The zero-order chi connectivity index (χ0) is 13.4. The number of hydrogen-bond donors (Lipinski definition) is 0. The van der Waals surface area contributed by atoms with Crippen LogP contribution >= 0.6 is 0 Å². The summed E-state index contributed by atoms with van der Waals surface area (Å²) in [6.07, 6.45) is 3.97. The lowest BCUT2D eigenvalue weighted by atomic mass is 10.1. The van der Waals surface area contributed by atoms with Crippen molar-refractivity contribution in [3.05, 3.63) is 79.1 Å². The van der Waals surface area contributed by atoms with E-state index in [4.69, 9.17) is 0 Å². The number of rotatable bonds is 1. The molecule has 0 amide bonds. The second-order valence-electron chi connectivity index (χ2n) is 4.79. The molecule has 0 N–H and O–H groups in total. The Labute approximate surface area is 117 Å². The Balaban J connectivity index is 2.12. The van der Waals surface area contributed by atoms with Gasteiger partial charge < -0.3 is 0 Å². The van der Waals surface area contributed by atoms with Crippen molar-refractivity contribution in [2.45, 2.75) is 0 Å². The van der Waals surface area contributed by atoms with Gasteiger partial charge >= 0.3 is 5.65 Å². The van der Waals surface area contributed by atoms with Gasteiger partial charge in [-0.3, -0.25) is 0 Å². The standard InChI is InChI=1S/C18H13N2/c1-2-7-15(8-3-1)17-10-12-19-18-16-9-5-4-6-14(16)11-13-20(17)18/h1-13H/q+1. The highest BCUT2D eigenvalue weighted by molar-refractivity contribution is 5.91. The van der Waals surface area contributed by atoms with Gasteiger partial charge in [0.05, 0.1) is 11.6 Å². The highest BCUT2D eigenvalue weighted by Crippen LogP contribution is 2.19. The fourth-order valence-electron chi connectivity index (χ4n) is 2.63. The van der Waals surface area contributed by atoms with Crippen LogP contribution in [-0.2, 0) is 0 Å². The first-order chi connectivity index (χ1) is 9.93. The van der Waals surface area contributed by atoms with Crippen LogP contribution in [0.3, 0.4) is 0 Å². The maximum atomic E-state index is 4.56. The SMILES string of the molecule is c1ccc(-c2ccnc3c4ccccc4cc[n+]23)cc1. The van der Waals surface area contributed by atoms with Crippen LogP contribution in [0.15, 0.2) is 79.1 Å². The van der Waals surface area contributed by atoms with Crippen LogP contribution in [0.4, 0.5) is 0 Å². The van der Waals surface area contributed by atoms with Crippen molar-refractivity contribution in [1.29, 1.82) is 0 Å². The Morgan fingerprint density at radius 3 is 2.45 bits per heavy atom. The summed E-state index contributed by atoms with van der Waals surface area (Å²) in [5.41, 5.74) is 3.34. The van der Waals surface area contributed by atoms with Gasteiger partial charge in [0.15, 0.2) is 0 Å². The predicted octanol–water partition coefficient (Wildman–Crippen LogP) is 3.64. The quantitative estimate of drug-likeness (QED) is 0.376. The van der Waals surface area contributed by atoms with Crippen LogP contribution in [0, 0.1) is 0 Å². The van der Waals surface area contributed by atoms with Gasteiger partial charge in [0, 0.05) is 11.6 Å². The minimum absolute atomic E-state index is 0.990. The van der Waals surface area contributed by atoms with Crippen molar-refractivity contribution in [1.82, 2.24) is 4.98 Å². The van der Waals surface area contributed by atoms with Gasteiger partial charge in [-0.2, -0.15) is 4.40 Å². The molecule has 94 valence electrons. The van der Waals surface area contributed by atoms with E-state index in [9.17, 15) is 0 Å². The second kappa shape index (κ2) is 4.42. The molecule has 0 spiro atoms. The van der Waals surface area contributed by atoms with E-state index in [-0.39, 0.29) is 0 Å². The van der Waals surface area contributed by atoms with Crippen LogP contribution < -0.4 is 4.40 Å². The van der Waals surface area contributed by atoms with Gasteiger partial charge in [-0.15, -0.1) is 0 Å². The maximum absolute atomic E-state index is 4.56. The topological polar surface area (TPSA) is 17.0 Å². The normalized spacial score (nSPS) is 11.0. The average Bonchev–Trinajstić information content (AvgIpc) is 2.55. The number of nitrogens with zero attached hydrogens (tertiary/aromatic N) is 2. The number of aromatic nitrogens is 2. The molecule has 2 aromatic heterocycles. The Morgan fingerprint density at radius 1 is 0.750 bits per heavy atom. The maximum Gasteiger partial charge on any atom is 0.335 e. The first kappa shape index (κ1) is 11.1. The van der Waals surface area contributed by atoms with E-state index >= 15 is 0 Å². The van der Waals surface area contributed by atoms with Crippen LogP contribution in [0.1, 0.15) is 0 Å². The van der Waals surface area contributed by atoms with E-state index in [1.54, 1.807) is 0 Å². The number of fused-ring (bicyclic) bond motifs is 3. The summed E-state index contributed by atoms with van der Waals surface area (Å²) in [4.78, 5) is 4.56. The molecule has 0 aliphatic carbocycles. The van der Waals surface area contributed by atoms with E-state index in [1.165, 1.54) is 16.3 Å². The first-order valence-corrected chi connectivity index (χ1v) is 6.67. The highest BCUT2D eigenvalue weighted by Gasteiger charge is 2.13. The van der Waals surface area contributed by atoms with Crippen molar-refractivity contribution in [2.75, 3.05) is 0 Å². The minimum Gasteiger partial charge on any atom is -0.195 e. The fourth-order valence-corrected chi connectivity index (χ4v) is 2.63. The van der Waals surface area contributed by atoms with Gasteiger partial charge in [0.25, 0.3) is 0 Å². The molecule has 0 bridgehead atoms. The van der Waals surface area contributed by atoms with Gasteiger partial charge in [-0.1, -0.05) is 48.5 Å². The van der Waals surface area contributed by atoms with Crippen molar-refractivity contribution in [3.63, 3.8) is 0 Å². The molecule has 4 rings (SSSR count). The molecule has 2 heterocycles. The molecule has 0 atom stereocenters. The smallest absolute Gasteiger partial charge is 0.195 e. The minimum atomic E-state index is 0.990. The van der Waals surface area contributed by atoms with E-state index < -0.39 is 0 Å². The summed E-state index contributed by atoms with van der Waals surface area (Å²) in [6.45, 7) is 0. The Bertz CT molecular complexity index is 899. The monoisotopic (exact) mass is 257 g/mol. The Kier molecular flexibility index (Phi) is 2.46. The molecule has 0 aliphatic rings. The first-order valence-electron chi connectivity index (χ1n) is 6.67. The van der Waals surface area contributed by atoms with E-state index in [0.29, 0.717) is 0 Å². The van der Waals surface area contributed by atoms with Gasteiger partial charge in [-0.05, 0) is 22.5 Å². The Morgan fingerprint density at radius 2 is 1.55 bits per heavy atom. The third kappa shape index (κ3) is 1.66. The molecular weight excluding hydrogens is 244 g/mol. The molecule has 4 aromatic rings. The van der Waals surface area contributed by atoms with E-state index in [1.807, 2.05) is 12.3 Å². The van der Waals surface area contributed by atoms with Crippen molar-refractivity contribution in [3.8, 4) is 11.3 Å². The van der Waals surface area contributed by atoms with Gasteiger partial charge in [0.1, 0.15) is 11.9 Å². The summed E-state index contributed by atoms with van der Waals surface area (Å²) >= 11 is 0. The third-order valence-electron chi connectivity index (χ3n) is 3.59. The lowest BCUT2D eigenvalue weighted by molar-refractivity contribution is -0.501. The van der Waals surface area contributed by atoms with Crippen molar-refractivity contribution < 1.29 is 4.40 Å². The van der Waals surface area contributed by atoms with Gasteiger partial charge in [0.2, 0.25) is 0 Å². The average molecular weight is 257 g/mol.